The molecule has 1 aliphatic heterocycles. The fourth-order valence-electron chi connectivity index (χ4n) is 4.78. The van der Waals surface area contributed by atoms with Gasteiger partial charge in [-0.25, -0.2) is 0 Å². The van der Waals surface area contributed by atoms with Gasteiger partial charge in [-0.1, -0.05) is 32.1 Å². The normalized spacial score (nSPS) is 46.3. The molecule has 1 heterocycles. The minimum Gasteiger partial charge on any atom is -0.379 e. The second kappa shape index (κ2) is 5.99. The number of rotatable bonds is 4. The molecule has 2 fully saturated rings. The summed E-state index contributed by atoms with van der Waals surface area (Å²) in [7, 11) is 0. The van der Waals surface area contributed by atoms with Crippen molar-refractivity contribution in [2.45, 2.75) is 65.1 Å². The number of aliphatic hydroxyl groups is 1. The third-order valence-corrected chi connectivity index (χ3v) is 6.31. The van der Waals surface area contributed by atoms with Gasteiger partial charge in [0.05, 0.1) is 0 Å². The van der Waals surface area contributed by atoms with E-state index in [-0.39, 0.29) is 11.3 Å². The van der Waals surface area contributed by atoms with Gasteiger partial charge in [0, 0.05) is 24.2 Å². The number of fused-ring (bicyclic) bond motifs is 3. The van der Waals surface area contributed by atoms with Crippen LogP contribution in [-0.4, -0.2) is 36.5 Å². The van der Waals surface area contributed by atoms with Crippen molar-refractivity contribution in [2.75, 3.05) is 13.2 Å². The number of hydrogen-bond donors (Lipinski definition) is 1. The quantitative estimate of drug-likeness (QED) is 0.806. The van der Waals surface area contributed by atoms with Crippen LogP contribution in [0.25, 0.3) is 0 Å². The summed E-state index contributed by atoms with van der Waals surface area (Å²) in [5, 5.41) is 11.8. The molecule has 0 amide bonds. The summed E-state index contributed by atoms with van der Waals surface area (Å²) in [4.78, 5) is 0. The van der Waals surface area contributed by atoms with E-state index < -0.39 is 18.2 Å². The van der Waals surface area contributed by atoms with Crippen LogP contribution < -0.4 is 0 Å². The Morgan fingerprint density at radius 1 is 1.35 bits per heavy atom. The Labute approximate surface area is 139 Å². The number of hydrogen-bond acceptors (Lipinski definition) is 4. The summed E-state index contributed by atoms with van der Waals surface area (Å²) in [6, 6.07) is 0. The molecule has 0 bridgehead atoms. The zero-order valence-corrected chi connectivity index (χ0v) is 14.8. The minimum atomic E-state index is -1.14. The van der Waals surface area contributed by atoms with Crippen molar-refractivity contribution in [3.63, 3.8) is 0 Å². The number of allylic oxidation sites excluding steroid dienone is 2. The largest absolute Gasteiger partial charge is 0.379 e. The topological polar surface area (TPSA) is 47.9 Å². The third-order valence-electron chi connectivity index (χ3n) is 6.31. The molecule has 2 aliphatic carbocycles. The van der Waals surface area contributed by atoms with E-state index in [4.69, 9.17) is 14.2 Å². The predicted molar refractivity (Wildman–Crippen MR) is 88.7 cm³/mol. The first-order valence-electron chi connectivity index (χ1n) is 8.90. The van der Waals surface area contributed by atoms with E-state index in [1.165, 1.54) is 5.57 Å². The Balaban J connectivity index is 2.05. The lowest BCUT2D eigenvalue weighted by atomic mass is 9.51. The second-order valence-electron chi connectivity index (χ2n) is 7.36. The Hall–Kier alpha value is -0.680. The van der Waals surface area contributed by atoms with Crippen LogP contribution in [-0.2, 0) is 14.2 Å². The molecule has 1 saturated heterocycles. The minimum absolute atomic E-state index is 0.256. The van der Waals surface area contributed by atoms with E-state index in [1.54, 1.807) is 0 Å². The average Bonchev–Trinajstić information content (AvgIpc) is 2.79. The highest BCUT2D eigenvalue weighted by molar-refractivity contribution is 5.37. The fraction of sp³-hybridized carbons (Fsp3) is 0.789. The van der Waals surface area contributed by atoms with Gasteiger partial charge < -0.3 is 19.3 Å². The molecular weight excluding hydrogens is 292 g/mol. The maximum atomic E-state index is 11.8. The molecule has 3 aliphatic rings. The van der Waals surface area contributed by atoms with Crippen LogP contribution in [0.2, 0.25) is 0 Å². The van der Waals surface area contributed by atoms with E-state index in [2.05, 4.69) is 26.5 Å². The maximum Gasteiger partial charge on any atom is 0.194 e. The molecule has 0 aromatic rings. The molecule has 0 spiro atoms. The highest BCUT2D eigenvalue weighted by Crippen LogP contribution is 2.62. The van der Waals surface area contributed by atoms with Crippen LogP contribution >= 0.6 is 0 Å². The van der Waals surface area contributed by atoms with Gasteiger partial charge >= 0.3 is 0 Å². The van der Waals surface area contributed by atoms with Gasteiger partial charge in [0.25, 0.3) is 0 Å². The summed E-state index contributed by atoms with van der Waals surface area (Å²) in [6.45, 7) is 13.7. The molecule has 1 unspecified atom stereocenters. The van der Waals surface area contributed by atoms with E-state index in [9.17, 15) is 5.11 Å². The molecule has 0 aromatic heterocycles. The molecule has 1 N–H and O–H groups in total. The zero-order valence-electron chi connectivity index (χ0n) is 14.8. The van der Waals surface area contributed by atoms with E-state index in [0.717, 1.165) is 24.8 Å². The van der Waals surface area contributed by atoms with Crippen LogP contribution in [0, 0.1) is 17.3 Å². The molecule has 6 atom stereocenters. The first-order valence-corrected chi connectivity index (χ1v) is 8.90. The van der Waals surface area contributed by atoms with Crippen molar-refractivity contribution in [1.82, 2.24) is 0 Å². The van der Waals surface area contributed by atoms with E-state index in [1.807, 2.05) is 13.8 Å². The van der Waals surface area contributed by atoms with Crippen molar-refractivity contribution in [2.24, 2.45) is 17.3 Å². The zero-order chi connectivity index (χ0) is 16.8. The molecule has 23 heavy (non-hydrogen) atoms. The van der Waals surface area contributed by atoms with Gasteiger partial charge in [-0.3, -0.25) is 0 Å². The maximum absolute atomic E-state index is 11.8. The standard InChI is InChI=1S/C19H30O4/c1-6-21-16-15-9-8-14-13(4)12(3)10-11-18(14,5)19(15,20)17(23-16)22-7-2/h9,12,14,16-17,20H,4,6-8,10-11H2,1-3,5H3/t12-,14?,16+,17-,18-,19-/m0/s1. The van der Waals surface area contributed by atoms with Gasteiger partial charge in [0.2, 0.25) is 0 Å². The lowest BCUT2D eigenvalue weighted by molar-refractivity contribution is -0.259. The van der Waals surface area contributed by atoms with Gasteiger partial charge in [-0.2, -0.15) is 0 Å². The molecule has 0 radical (unpaired) electrons. The predicted octanol–water partition coefficient (Wildman–Crippen LogP) is 3.41. The highest BCUT2D eigenvalue weighted by Gasteiger charge is 2.67. The van der Waals surface area contributed by atoms with Gasteiger partial charge in [-0.05, 0) is 44.9 Å². The lowest BCUT2D eigenvalue weighted by Gasteiger charge is -2.56. The smallest absolute Gasteiger partial charge is 0.194 e. The molecule has 1 saturated carbocycles. The van der Waals surface area contributed by atoms with Crippen molar-refractivity contribution in [3.05, 3.63) is 23.8 Å². The Kier molecular flexibility index (Phi) is 4.47. The van der Waals surface area contributed by atoms with Crippen molar-refractivity contribution in [3.8, 4) is 0 Å². The Morgan fingerprint density at radius 3 is 2.70 bits per heavy atom. The highest BCUT2D eigenvalue weighted by atomic mass is 16.8. The summed E-state index contributed by atoms with van der Waals surface area (Å²) < 4.78 is 17.5. The molecule has 4 nitrogen and oxygen atoms in total. The third kappa shape index (κ3) is 2.26. The second-order valence-corrected chi connectivity index (χ2v) is 7.36. The fourth-order valence-corrected chi connectivity index (χ4v) is 4.78. The van der Waals surface area contributed by atoms with Crippen LogP contribution in [0.3, 0.4) is 0 Å². The Morgan fingerprint density at radius 2 is 2.04 bits per heavy atom. The van der Waals surface area contributed by atoms with Crippen LogP contribution in [0.15, 0.2) is 23.8 Å². The summed E-state index contributed by atoms with van der Waals surface area (Å²) >= 11 is 0. The Bertz CT molecular complexity index is 513. The van der Waals surface area contributed by atoms with E-state index in [0.29, 0.717) is 19.1 Å². The summed E-state index contributed by atoms with van der Waals surface area (Å²) in [5.74, 6) is 0.758. The summed E-state index contributed by atoms with van der Waals surface area (Å²) in [5.41, 5.74) is 0.623. The van der Waals surface area contributed by atoms with Crippen LogP contribution in [0.4, 0.5) is 0 Å². The van der Waals surface area contributed by atoms with Gasteiger partial charge in [-0.15, -0.1) is 0 Å². The average molecular weight is 322 g/mol. The lowest BCUT2D eigenvalue weighted by Crippen LogP contribution is -2.61. The molecule has 4 heteroatoms. The molecule has 0 aromatic carbocycles. The van der Waals surface area contributed by atoms with Gasteiger partial charge in [0.15, 0.2) is 12.6 Å². The SMILES string of the molecule is C=C1C2CC=C3[C@H](OCC)O[C@H](OCC)[C@]3(O)[C@@]2(C)CC[C@@H]1C. The van der Waals surface area contributed by atoms with Gasteiger partial charge in [0.1, 0.15) is 5.60 Å². The van der Waals surface area contributed by atoms with Crippen LogP contribution in [0.5, 0.6) is 0 Å². The van der Waals surface area contributed by atoms with Crippen molar-refractivity contribution < 1.29 is 19.3 Å². The molecule has 3 rings (SSSR count). The summed E-state index contributed by atoms with van der Waals surface area (Å²) in [6.07, 6.45) is 3.80. The molecular formula is C19H30O4. The monoisotopic (exact) mass is 322 g/mol. The number of ether oxygens (including phenoxy) is 3. The van der Waals surface area contributed by atoms with Crippen LogP contribution in [0.1, 0.15) is 47.0 Å². The first kappa shape index (κ1) is 17.2. The van der Waals surface area contributed by atoms with Crippen molar-refractivity contribution >= 4 is 0 Å². The first-order chi connectivity index (χ1) is 10.9. The van der Waals surface area contributed by atoms with Crippen molar-refractivity contribution in [1.29, 1.82) is 0 Å². The molecule has 130 valence electrons. The van der Waals surface area contributed by atoms with E-state index >= 15 is 0 Å².